The van der Waals surface area contributed by atoms with Gasteiger partial charge in [-0.3, -0.25) is 0 Å². The van der Waals surface area contributed by atoms with Crippen LogP contribution in [0.3, 0.4) is 0 Å². The van der Waals surface area contributed by atoms with Crippen molar-refractivity contribution in [1.29, 1.82) is 0 Å². The average molecular weight is 276 g/mol. The van der Waals surface area contributed by atoms with Gasteiger partial charge in [-0.05, 0) is 65.5 Å². The zero-order chi connectivity index (χ0) is 14.8. The molecule has 1 aromatic rings. The fourth-order valence-electron chi connectivity index (χ4n) is 3.43. The third kappa shape index (κ3) is 2.68. The lowest BCUT2D eigenvalue weighted by atomic mass is 9.81. The first-order chi connectivity index (χ1) is 10.2. The van der Waals surface area contributed by atoms with Gasteiger partial charge in [0, 0.05) is 0 Å². The molecule has 0 saturated carbocycles. The van der Waals surface area contributed by atoms with Crippen LogP contribution in [0.4, 0.5) is 0 Å². The van der Waals surface area contributed by atoms with Crippen molar-refractivity contribution in [2.45, 2.75) is 46.0 Å². The molecule has 2 aliphatic rings. The summed E-state index contributed by atoms with van der Waals surface area (Å²) in [6.07, 6.45) is 12.6. The number of rotatable bonds is 3. The highest BCUT2D eigenvalue weighted by atomic mass is 14.2. The van der Waals surface area contributed by atoms with Crippen LogP contribution in [-0.2, 0) is 12.8 Å². The second-order valence-corrected chi connectivity index (χ2v) is 6.03. The van der Waals surface area contributed by atoms with Gasteiger partial charge in [-0.1, -0.05) is 62.4 Å². The maximum Gasteiger partial charge on any atom is -0.00135 e. The molecule has 0 amide bonds. The van der Waals surface area contributed by atoms with E-state index in [1.807, 2.05) is 0 Å². The molecule has 21 heavy (non-hydrogen) atoms. The molecule has 0 atom stereocenters. The zero-order valence-corrected chi connectivity index (χ0v) is 13.2. The topological polar surface area (TPSA) is 0 Å². The second-order valence-electron chi connectivity index (χ2n) is 6.03. The first kappa shape index (κ1) is 14.1. The molecule has 0 radical (unpaired) electrons. The summed E-state index contributed by atoms with van der Waals surface area (Å²) in [4.78, 5) is 0. The molecule has 3 rings (SSSR count). The number of hydrogen-bond donors (Lipinski definition) is 0. The van der Waals surface area contributed by atoms with Crippen molar-refractivity contribution in [3.63, 3.8) is 0 Å². The molecule has 0 heterocycles. The first-order valence-electron chi connectivity index (χ1n) is 8.13. The molecule has 0 saturated heterocycles. The van der Waals surface area contributed by atoms with Gasteiger partial charge in [0.25, 0.3) is 0 Å². The van der Waals surface area contributed by atoms with E-state index in [1.165, 1.54) is 46.3 Å². The van der Waals surface area contributed by atoms with Gasteiger partial charge < -0.3 is 0 Å². The van der Waals surface area contributed by atoms with Crippen molar-refractivity contribution in [1.82, 2.24) is 0 Å². The largest absolute Gasteiger partial charge is 0.0911 e. The van der Waals surface area contributed by atoms with Crippen LogP contribution < -0.4 is 0 Å². The Labute approximate surface area is 128 Å². The van der Waals surface area contributed by atoms with Crippen molar-refractivity contribution in [2.24, 2.45) is 0 Å². The minimum Gasteiger partial charge on any atom is -0.0911 e. The predicted octanol–water partition coefficient (Wildman–Crippen LogP) is 5.80. The van der Waals surface area contributed by atoms with Crippen molar-refractivity contribution in [3.05, 3.63) is 76.4 Å². The van der Waals surface area contributed by atoms with E-state index in [1.54, 1.807) is 5.57 Å². The SMILES string of the molecule is C=C1C=C(C2=C(CC)CCC=C2)Cc2ccc(CC)cc21. The van der Waals surface area contributed by atoms with Crippen molar-refractivity contribution < 1.29 is 0 Å². The molecule has 0 fully saturated rings. The number of fused-ring (bicyclic) bond motifs is 1. The number of aryl methyl sites for hydroxylation is 1. The Hall–Kier alpha value is -1.82. The highest BCUT2D eigenvalue weighted by molar-refractivity contribution is 5.80. The molecule has 0 N–H and O–H groups in total. The van der Waals surface area contributed by atoms with Crippen molar-refractivity contribution in [3.8, 4) is 0 Å². The Bertz CT molecular complexity index is 665. The summed E-state index contributed by atoms with van der Waals surface area (Å²) < 4.78 is 0. The van der Waals surface area contributed by atoms with Crippen LogP contribution in [0.25, 0.3) is 5.57 Å². The lowest BCUT2D eigenvalue weighted by Gasteiger charge is -2.24. The van der Waals surface area contributed by atoms with Crippen LogP contribution >= 0.6 is 0 Å². The van der Waals surface area contributed by atoms with Gasteiger partial charge in [0.05, 0.1) is 0 Å². The number of benzene rings is 1. The van der Waals surface area contributed by atoms with Gasteiger partial charge in [-0.2, -0.15) is 0 Å². The molecule has 0 bridgehead atoms. The van der Waals surface area contributed by atoms with Crippen molar-refractivity contribution >= 4 is 5.57 Å². The Morgan fingerprint density at radius 2 is 2.00 bits per heavy atom. The Kier molecular flexibility index (Phi) is 3.96. The third-order valence-electron chi connectivity index (χ3n) is 4.71. The lowest BCUT2D eigenvalue weighted by molar-refractivity contribution is 0.872. The molecule has 0 nitrogen and oxygen atoms in total. The molecule has 1 aromatic carbocycles. The van der Waals surface area contributed by atoms with E-state index in [0.717, 1.165) is 19.3 Å². The Morgan fingerprint density at radius 3 is 2.76 bits per heavy atom. The van der Waals surface area contributed by atoms with Crippen LogP contribution in [0.1, 0.15) is 49.8 Å². The fourth-order valence-corrected chi connectivity index (χ4v) is 3.43. The Balaban J connectivity index is 2.00. The van der Waals surface area contributed by atoms with Crippen LogP contribution in [0.5, 0.6) is 0 Å². The van der Waals surface area contributed by atoms with Gasteiger partial charge in [0.1, 0.15) is 0 Å². The van der Waals surface area contributed by atoms with Gasteiger partial charge in [-0.15, -0.1) is 0 Å². The van der Waals surface area contributed by atoms with E-state index >= 15 is 0 Å². The van der Waals surface area contributed by atoms with Crippen LogP contribution in [0, 0.1) is 0 Å². The molecule has 0 spiro atoms. The smallest absolute Gasteiger partial charge is 0.00135 e. The van der Waals surface area contributed by atoms with Gasteiger partial charge in [0.2, 0.25) is 0 Å². The summed E-state index contributed by atoms with van der Waals surface area (Å²) in [5.74, 6) is 0. The third-order valence-corrected chi connectivity index (χ3v) is 4.71. The van der Waals surface area contributed by atoms with E-state index < -0.39 is 0 Å². The zero-order valence-electron chi connectivity index (χ0n) is 13.2. The van der Waals surface area contributed by atoms with E-state index in [2.05, 4.69) is 56.9 Å². The average Bonchev–Trinajstić information content (AvgIpc) is 2.54. The van der Waals surface area contributed by atoms with Gasteiger partial charge in [0.15, 0.2) is 0 Å². The van der Waals surface area contributed by atoms with E-state index in [0.29, 0.717) is 0 Å². The molecule has 0 aromatic heterocycles. The standard InChI is InChI=1S/C21H24/c1-4-16-10-11-18-14-19(12-15(3)21(18)13-16)20-9-7-6-8-17(20)5-2/h7,9-13H,3-6,8,14H2,1-2H3. The monoisotopic (exact) mass is 276 g/mol. The maximum absolute atomic E-state index is 4.30. The maximum atomic E-state index is 4.30. The number of allylic oxidation sites excluding steroid dienone is 7. The molecule has 0 heteroatoms. The minimum atomic E-state index is 1.04. The quantitative estimate of drug-likeness (QED) is 0.654. The second kappa shape index (κ2) is 5.89. The summed E-state index contributed by atoms with van der Waals surface area (Å²) in [7, 11) is 0. The molecular weight excluding hydrogens is 252 g/mol. The molecule has 2 aliphatic carbocycles. The summed E-state index contributed by atoms with van der Waals surface area (Å²) in [5, 5.41) is 0. The predicted molar refractivity (Wildman–Crippen MR) is 92.3 cm³/mol. The lowest BCUT2D eigenvalue weighted by Crippen LogP contribution is -2.07. The minimum absolute atomic E-state index is 1.04. The molecule has 108 valence electrons. The normalized spacial score (nSPS) is 17.8. The van der Waals surface area contributed by atoms with Crippen LogP contribution in [0.15, 0.2) is 59.7 Å². The molecule has 0 aliphatic heterocycles. The van der Waals surface area contributed by atoms with Gasteiger partial charge in [-0.25, -0.2) is 0 Å². The van der Waals surface area contributed by atoms with Gasteiger partial charge >= 0.3 is 0 Å². The van der Waals surface area contributed by atoms with Crippen LogP contribution in [0.2, 0.25) is 0 Å². The van der Waals surface area contributed by atoms with E-state index in [9.17, 15) is 0 Å². The van der Waals surface area contributed by atoms with Crippen molar-refractivity contribution in [2.75, 3.05) is 0 Å². The summed E-state index contributed by atoms with van der Waals surface area (Å²) >= 11 is 0. The number of hydrogen-bond acceptors (Lipinski definition) is 0. The fraction of sp³-hybridized carbons (Fsp3) is 0.333. The Morgan fingerprint density at radius 1 is 1.14 bits per heavy atom. The highest BCUT2D eigenvalue weighted by Crippen LogP contribution is 2.36. The molecule has 0 unspecified atom stereocenters. The molecular formula is C21H24. The summed E-state index contributed by atoms with van der Waals surface area (Å²) in [6, 6.07) is 6.88. The van der Waals surface area contributed by atoms with E-state index in [4.69, 9.17) is 0 Å². The van der Waals surface area contributed by atoms with Crippen LogP contribution in [-0.4, -0.2) is 0 Å². The summed E-state index contributed by atoms with van der Waals surface area (Å²) in [6.45, 7) is 8.78. The first-order valence-corrected chi connectivity index (χ1v) is 8.13. The summed E-state index contributed by atoms with van der Waals surface area (Å²) in [5.41, 5.74) is 9.86. The highest BCUT2D eigenvalue weighted by Gasteiger charge is 2.18. The van der Waals surface area contributed by atoms with E-state index in [-0.39, 0.29) is 0 Å².